The van der Waals surface area contributed by atoms with Crippen LogP contribution >= 0.6 is 15.5 Å². The molecule has 0 aromatic carbocycles. The van der Waals surface area contributed by atoms with Crippen LogP contribution in [0.2, 0.25) is 0 Å². The van der Waals surface area contributed by atoms with Gasteiger partial charge in [-0.1, -0.05) is 27.7 Å². The minimum atomic E-state index is -4.78. The molecule has 34 heteroatoms. The molecule has 0 spiro atoms. The lowest BCUT2D eigenvalue weighted by Crippen LogP contribution is -2.45. The molecule has 1 amide bonds. The smallest absolute Gasteiger partial charge is 0.403 e. The third-order valence-corrected chi connectivity index (χ3v) is 13.5. The Labute approximate surface area is 428 Å². The van der Waals surface area contributed by atoms with Gasteiger partial charge in [0, 0.05) is 66.0 Å². The second-order valence-corrected chi connectivity index (χ2v) is 20.8. The number of anilines is 2. The van der Waals surface area contributed by atoms with Gasteiger partial charge in [0.15, 0.2) is 12.2 Å². The summed E-state index contributed by atoms with van der Waals surface area (Å²) < 4.78 is 111. The molecule has 4 unspecified atom stereocenters. The third kappa shape index (κ3) is 14.4. The lowest BCUT2D eigenvalue weighted by Gasteiger charge is -2.25. The zero-order chi connectivity index (χ0) is 56.8. The number of carbonyl (C=O) groups is 2. The highest BCUT2D eigenvalue weighted by molar-refractivity contribution is 7.50. The molecule has 28 nitrogen and oxygen atoms in total. The maximum Gasteiger partial charge on any atom is 0.403 e. The summed E-state index contributed by atoms with van der Waals surface area (Å²) in [5, 5.41) is 55.8. The minimum absolute atomic E-state index is 0.0558. The number of esters is 1. The van der Waals surface area contributed by atoms with Crippen molar-refractivity contribution in [3.05, 3.63) is 91.5 Å². The molecule has 0 saturated carbocycles. The summed E-state index contributed by atoms with van der Waals surface area (Å²) in [4.78, 5) is 83.7. The quantitative estimate of drug-likeness (QED) is 0.0337. The van der Waals surface area contributed by atoms with Crippen molar-refractivity contribution < 1.29 is 94.9 Å². The van der Waals surface area contributed by atoms with E-state index in [9.17, 15) is 72.4 Å². The third-order valence-electron chi connectivity index (χ3n) is 11.3. The van der Waals surface area contributed by atoms with Gasteiger partial charge in [-0.2, -0.15) is 27.5 Å². The first-order valence-electron chi connectivity index (χ1n) is 22.5. The monoisotopic (exact) mass is 1130 g/mol. The number of nitrogens with two attached hydrogens (primary N) is 1. The first-order valence-corrected chi connectivity index (χ1v) is 25.7. The molecule has 420 valence electrons. The van der Waals surface area contributed by atoms with Gasteiger partial charge >= 0.3 is 44.7 Å². The van der Waals surface area contributed by atoms with Crippen molar-refractivity contribution in [1.82, 2.24) is 39.2 Å². The summed E-state index contributed by atoms with van der Waals surface area (Å²) >= 11 is 0. The molecule has 2 aliphatic rings. The topological polar surface area (TPSA) is 414 Å². The number of nitrogens with zero attached hydrogens (tertiary/aromatic N) is 6. The Morgan fingerprint density at radius 2 is 1.24 bits per heavy atom. The standard InChI is InChI=1S/C25H34F2N5O10P.C17H22F2N5O8P/c1-12(2)21(35)30-18-6-7-32(24(37)31-18)23-25(26,27)20(42-22(36)13(3)4)17(41-23)11-40-43(38,39)29-9-16-15(10-33)8-28-14(5)19(16)34;1-8-13(26)10(9(6-25)4-21-8)5-22-33(29,30)31-7-11-14(27)17(18,19)15(32-11)24-3-2-12(20)23-16(24)28/h6-8,12-13,17,20,23,33-34H,9-11H2,1-5H3,(H2,29,38,39)(H,30,31,35,37);2-4,11,14-15,25-27H,5-7H2,1H3,(H2,20,23,28)(H2,22,29,30)/t17-,20?,23-;11-,14?,15-/m11/s1. The molecule has 6 heterocycles. The number of aliphatic hydroxyl groups excluding tert-OH is 3. The highest BCUT2D eigenvalue weighted by Gasteiger charge is 2.63. The van der Waals surface area contributed by atoms with Crippen LogP contribution in [-0.4, -0.2) is 126 Å². The van der Waals surface area contributed by atoms with Crippen LogP contribution in [0.15, 0.2) is 46.5 Å². The summed E-state index contributed by atoms with van der Waals surface area (Å²) in [6, 6.07) is 2.18. The second kappa shape index (κ2) is 24.6. The van der Waals surface area contributed by atoms with Gasteiger partial charge in [-0.05, 0) is 26.0 Å². The van der Waals surface area contributed by atoms with E-state index < -0.39 is 139 Å². The zero-order valence-corrected chi connectivity index (χ0v) is 42.9. The molecule has 12 N–H and O–H groups in total. The van der Waals surface area contributed by atoms with Gasteiger partial charge < -0.3 is 60.6 Å². The molecule has 2 saturated heterocycles. The summed E-state index contributed by atoms with van der Waals surface area (Å²) in [5.74, 6) is -11.8. The van der Waals surface area contributed by atoms with E-state index in [-0.39, 0.29) is 56.8 Å². The van der Waals surface area contributed by atoms with E-state index in [0.717, 1.165) is 24.5 Å². The Morgan fingerprint density at radius 3 is 1.70 bits per heavy atom. The molecule has 4 aromatic heterocycles. The van der Waals surface area contributed by atoms with Crippen molar-refractivity contribution in [2.24, 2.45) is 11.8 Å². The summed E-state index contributed by atoms with van der Waals surface area (Å²) in [6.45, 7) is 5.05. The number of hydrogen-bond donors (Lipinski definition) is 11. The van der Waals surface area contributed by atoms with Crippen LogP contribution in [0.1, 0.15) is 73.8 Å². The molecular formula is C42H56F4N10O18P2. The Hall–Kier alpha value is -5.86. The SMILES string of the molecule is Cc1ncc(CO)c(CNP(=O)(O)OC[C@H]2O[C@@H](n3ccc(N)nc3=O)C(F)(F)C2O)c1O.Cc1ncc(CO)c(CNP(=O)(O)OC[C@H]2O[C@@H](n3ccc(NC(=O)C(C)C)nc3=O)C(F)(F)C2OC(=O)C(C)C)c1O. The van der Waals surface area contributed by atoms with Crippen LogP contribution in [0.5, 0.6) is 11.5 Å². The molecule has 0 aliphatic carbocycles. The fourth-order valence-electron chi connectivity index (χ4n) is 6.98. The Kier molecular flexibility index (Phi) is 19.8. The van der Waals surface area contributed by atoms with Gasteiger partial charge in [0.25, 0.3) is 0 Å². The van der Waals surface area contributed by atoms with Crippen LogP contribution in [-0.2, 0) is 68.3 Å². The van der Waals surface area contributed by atoms with Gasteiger partial charge in [0.1, 0.15) is 35.3 Å². The number of alkyl halides is 4. The number of pyridine rings is 2. The number of hydrogen-bond acceptors (Lipinski definition) is 21. The number of aromatic hydroxyl groups is 2. The number of nitrogens with one attached hydrogen (secondary N) is 3. The average molecular weight is 1130 g/mol. The molecule has 76 heavy (non-hydrogen) atoms. The number of aryl methyl sites for hydroxylation is 2. The number of nitrogen functional groups attached to an aromatic ring is 1. The Morgan fingerprint density at radius 1 is 0.776 bits per heavy atom. The summed E-state index contributed by atoms with van der Waals surface area (Å²) in [6.07, 6.45) is -8.68. The van der Waals surface area contributed by atoms with E-state index in [1.165, 1.54) is 40.1 Å². The molecule has 6 rings (SSSR count). The van der Waals surface area contributed by atoms with Gasteiger partial charge in [0.05, 0.1) is 43.7 Å². The van der Waals surface area contributed by atoms with Gasteiger partial charge in [0.2, 0.25) is 18.4 Å². The predicted molar refractivity (Wildman–Crippen MR) is 252 cm³/mol. The highest BCUT2D eigenvalue weighted by Crippen LogP contribution is 2.48. The number of rotatable bonds is 20. The van der Waals surface area contributed by atoms with E-state index >= 15 is 8.78 Å². The fourth-order valence-corrected chi connectivity index (χ4v) is 8.58. The van der Waals surface area contributed by atoms with E-state index in [0.29, 0.717) is 9.13 Å². The maximum atomic E-state index is 15.7. The number of ether oxygens (including phenoxy) is 3. The highest BCUT2D eigenvalue weighted by atomic mass is 31.2. The lowest BCUT2D eigenvalue weighted by molar-refractivity contribution is -0.179. The first-order chi connectivity index (χ1) is 35.3. The molecule has 0 bridgehead atoms. The minimum Gasteiger partial charge on any atom is -0.506 e. The van der Waals surface area contributed by atoms with Gasteiger partial charge in [-0.25, -0.2) is 28.9 Å². The molecule has 2 fully saturated rings. The lowest BCUT2D eigenvalue weighted by atomic mass is 10.1. The van der Waals surface area contributed by atoms with E-state index in [2.05, 4.69) is 35.4 Å². The Balaban J connectivity index is 0.000000290. The number of aliphatic hydroxyl groups is 3. The van der Waals surface area contributed by atoms with E-state index in [4.69, 9.17) is 29.0 Å². The number of amides is 1. The second-order valence-electron chi connectivity index (χ2n) is 17.6. The van der Waals surface area contributed by atoms with Crippen molar-refractivity contribution in [3.63, 3.8) is 0 Å². The summed E-state index contributed by atoms with van der Waals surface area (Å²) in [5.41, 5.74) is 3.85. The van der Waals surface area contributed by atoms with Crippen molar-refractivity contribution in [2.45, 2.75) is 117 Å². The zero-order valence-electron chi connectivity index (χ0n) is 41.1. The predicted octanol–water partition coefficient (Wildman–Crippen LogP) is 1.27. The number of aromatic nitrogens is 6. The molecule has 8 atom stereocenters. The van der Waals surface area contributed by atoms with Gasteiger partial charge in [-0.3, -0.25) is 37.7 Å². The van der Waals surface area contributed by atoms with Crippen LogP contribution in [0.25, 0.3) is 0 Å². The van der Waals surface area contributed by atoms with Crippen LogP contribution < -0.4 is 32.6 Å². The molecule has 0 radical (unpaired) electrons. The van der Waals surface area contributed by atoms with Crippen molar-refractivity contribution in [3.8, 4) is 11.5 Å². The largest absolute Gasteiger partial charge is 0.506 e. The van der Waals surface area contributed by atoms with E-state index in [1.54, 1.807) is 13.8 Å². The molecule has 2 aliphatic heterocycles. The van der Waals surface area contributed by atoms with Crippen LogP contribution in [0.3, 0.4) is 0 Å². The van der Waals surface area contributed by atoms with Crippen LogP contribution in [0.4, 0.5) is 29.2 Å². The summed E-state index contributed by atoms with van der Waals surface area (Å²) in [7, 11) is -9.43. The van der Waals surface area contributed by atoms with Crippen LogP contribution in [0, 0.1) is 25.7 Å². The average Bonchev–Trinajstić information content (AvgIpc) is 3.72. The van der Waals surface area contributed by atoms with Gasteiger partial charge in [-0.15, -0.1) is 0 Å². The number of carbonyl (C=O) groups excluding carboxylic acids is 2. The maximum absolute atomic E-state index is 15.7. The molecular weight excluding hydrogens is 1070 g/mol. The van der Waals surface area contributed by atoms with Crippen molar-refractivity contribution in [1.29, 1.82) is 0 Å². The fraction of sp³-hybridized carbons (Fsp3) is 0.524. The molecule has 4 aromatic rings. The van der Waals surface area contributed by atoms with Crippen molar-refractivity contribution >= 4 is 39.0 Å². The first kappa shape index (κ1) is 61.0. The van der Waals surface area contributed by atoms with E-state index in [1.807, 2.05) is 0 Å². The normalized spacial score (nSPS) is 22.4. The number of halogens is 4. The van der Waals surface area contributed by atoms with Crippen molar-refractivity contribution in [2.75, 3.05) is 24.3 Å². The Bertz CT molecular complexity index is 2970.